The summed E-state index contributed by atoms with van der Waals surface area (Å²) in [5, 5.41) is 0. The maximum atomic E-state index is 12.2. The van der Waals surface area contributed by atoms with Gasteiger partial charge in [-0.3, -0.25) is 14.5 Å². The topological polar surface area (TPSA) is 75.9 Å². The Kier molecular flexibility index (Phi) is 3.56. The van der Waals surface area contributed by atoms with Crippen LogP contribution in [0, 0.1) is 0 Å². The minimum atomic E-state index is -0.371. The van der Waals surface area contributed by atoms with E-state index in [0.29, 0.717) is 19.4 Å². The molecule has 0 spiro atoms. The van der Waals surface area contributed by atoms with Crippen LogP contribution in [0.3, 0.4) is 0 Å². The normalized spacial score (nSPS) is 33.2. The predicted octanol–water partition coefficient (Wildman–Crippen LogP) is -0.674. The molecular formula is C13H21N3O3. The molecule has 0 aromatic rings. The Hall–Kier alpha value is -0.980. The summed E-state index contributed by atoms with van der Waals surface area (Å²) >= 11 is 0. The van der Waals surface area contributed by atoms with Gasteiger partial charge in [0.15, 0.2) is 0 Å². The average molecular weight is 267 g/mol. The molecule has 3 rings (SSSR count). The fourth-order valence-corrected chi connectivity index (χ4v) is 3.36. The summed E-state index contributed by atoms with van der Waals surface area (Å²) in [5.41, 5.74) is 5.55. The lowest BCUT2D eigenvalue weighted by molar-refractivity contribution is -0.172. The van der Waals surface area contributed by atoms with Gasteiger partial charge < -0.3 is 15.4 Å². The van der Waals surface area contributed by atoms with Gasteiger partial charge in [-0.05, 0) is 25.7 Å². The Morgan fingerprint density at radius 1 is 1.05 bits per heavy atom. The smallest absolute Gasteiger partial charge is 0.258 e. The molecule has 0 aliphatic carbocycles. The highest BCUT2D eigenvalue weighted by atomic mass is 16.5. The second-order valence-corrected chi connectivity index (χ2v) is 5.60. The molecule has 3 heterocycles. The maximum absolute atomic E-state index is 12.2. The van der Waals surface area contributed by atoms with Crippen LogP contribution in [0.25, 0.3) is 0 Å². The monoisotopic (exact) mass is 267 g/mol. The van der Waals surface area contributed by atoms with Crippen LogP contribution in [-0.4, -0.2) is 66.0 Å². The zero-order valence-corrected chi connectivity index (χ0v) is 11.1. The second-order valence-electron chi connectivity index (χ2n) is 5.60. The molecule has 0 aromatic carbocycles. The zero-order valence-electron chi connectivity index (χ0n) is 11.1. The summed E-state index contributed by atoms with van der Waals surface area (Å²) in [6.07, 6.45) is 2.36. The Morgan fingerprint density at radius 3 is 2.16 bits per heavy atom. The van der Waals surface area contributed by atoms with E-state index in [1.807, 2.05) is 0 Å². The lowest BCUT2D eigenvalue weighted by atomic mass is 10.0. The minimum Gasteiger partial charge on any atom is -0.355 e. The molecule has 2 unspecified atom stereocenters. The summed E-state index contributed by atoms with van der Waals surface area (Å²) in [7, 11) is 0. The number of nitrogens with zero attached hydrogens (tertiary/aromatic N) is 2. The van der Waals surface area contributed by atoms with E-state index in [0.717, 1.165) is 32.5 Å². The van der Waals surface area contributed by atoms with Crippen molar-refractivity contribution in [3.63, 3.8) is 0 Å². The van der Waals surface area contributed by atoms with Crippen LogP contribution in [0.1, 0.15) is 25.7 Å². The minimum absolute atomic E-state index is 0.0565. The maximum Gasteiger partial charge on any atom is 0.258 e. The molecule has 3 aliphatic rings. The van der Waals surface area contributed by atoms with Gasteiger partial charge in [0, 0.05) is 32.2 Å². The second kappa shape index (κ2) is 5.19. The Morgan fingerprint density at radius 2 is 1.63 bits per heavy atom. The average Bonchev–Trinajstić information content (AvgIpc) is 2.86. The molecule has 6 heteroatoms. The van der Waals surface area contributed by atoms with Gasteiger partial charge in [-0.1, -0.05) is 0 Å². The lowest BCUT2D eigenvalue weighted by Crippen LogP contribution is -2.58. The summed E-state index contributed by atoms with van der Waals surface area (Å²) in [4.78, 5) is 28.3. The molecule has 2 bridgehead atoms. The molecule has 0 aromatic heterocycles. The Bertz CT molecular complexity index is 357. The molecule has 0 saturated carbocycles. The molecule has 0 radical (unpaired) electrons. The molecule has 6 nitrogen and oxygen atoms in total. The van der Waals surface area contributed by atoms with Crippen molar-refractivity contribution in [3.05, 3.63) is 0 Å². The fraction of sp³-hybridized carbons (Fsp3) is 0.846. The molecule has 3 aliphatic heterocycles. The van der Waals surface area contributed by atoms with E-state index in [-0.39, 0.29) is 30.1 Å². The van der Waals surface area contributed by atoms with E-state index in [1.54, 1.807) is 0 Å². The van der Waals surface area contributed by atoms with Crippen LogP contribution in [0.15, 0.2) is 0 Å². The Balaban J connectivity index is 1.66. The van der Waals surface area contributed by atoms with Crippen LogP contribution >= 0.6 is 0 Å². The van der Waals surface area contributed by atoms with Crippen LogP contribution in [0.4, 0.5) is 0 Å². The molecule has 3 saturated heterocycles. The van der Waals surface area contributed by atoms with Crippen LogP contribution in [0.2, 0.25) is 0 Å². The van der Waals surface area contributed by atoms with Crippen molar-refractivity contribution >= 4 is 11.8 Å². The molecule has 19 heavy (non-hydrogen) atoms. The number of carbonyl (C=O) groups is 2. The highest BCUT2D eigenvalue weighted by molar-refractivity contribution is 6.02. The van der Waals surface area contributed by atoms with E-state index in [4.69, 9.17) is 10.5 Å². The van der Waals surface area contributed by atoms with Gasteiger partial charge in [0.1, 0.15) is 12.2 Å². The summed E-state index contributed by atoms with van der Waals surface area (Å²) in [6, 6.07) is 0.0565. The highest BCUT2D eigenvalue weighted by Gasteiger charge is 2.48. The molecule has 3 fully saturated rings. The highest BCUT2D eigenvalue weighted by Crippen LogP contribution is 2.31. The van der Waals surface area contributed by atoms with E-state index in [1.165, 1.54) is 4.90 Å². The van der Waals surface area contributed by atoms with Gasteiger partial charge in [0.2, 0.25) is 0 Å². The number of hydrogen-bond acceptors (Lipinski definition) is 5. The first-order valence-electron chi connectivity index (χ1n) is 7.15. The fourth-order valence-electron chi connectivity index (χ4n) is 3.36. The molecular weight excluding hydrogens is 246 g/mol. The standard InChI is InChI=1S/C13H21N3O3/c14-5-8-15-6-3-9(4-7-15)16-12(17)10-1-2-11(19-10)13(16)18/h9-11H,1-8,14H2. The molecule has 106 valence electrons. The van der Waals surface area contributed by atoms with Crippen LogP contribution in [0.5, 0.6) is 0 Å². The SMILES string of the molecule is NCCN1CCC(N2C(=O)C3CCC(O3)C2=O)CC1. The first-order chi connectivity index (χ1) is 9.20. The number of ether oxygens (including phenoxy) is 1. The number of fused-ring (bicyclic) bond motifs is 2. The van der Waals surface area contributed by atoms with Gasteiger partial charge in [0.05, 0.1) is 0 Å². The molecule has 2 atom stereocenters. The number of imide groups is 1. The van der Waals surface area contributed by atoms with E-state index >= 15 is 0 Å². The van der Waals surface area contributed by atoms with Crippen molar-refractivity contribution in [2.24, 2.45) is 5.73 Å². The number of piperidine rings is 1. The summed E-state index contributed by atoms with van der Waals surface area (Å²) in [6.45, 7) is 3.37. The molecule has 2 N–H and O–H groups in total. The third-order valence-electron chi connectivity index (χ3n) is 4.41. The van der Waals surface area contributed by atoms with Gasteiger partial charge in [-0.25, -0.2) is 0 Å². The number of morpholine rings is 1. The van der Waals surface area contributed by atoms with Crippen molar-refractivity contribution < 1.29 is 14.3 Å². The van der Waals surface area contributed by atoms with Gasteiger partial charge in [0.25, 0.3) is 11.8 Å². The van der Waals surface area contributed by atoms with Gasteiger partial charge in [-0.2, -0.15) is 0 Å². The largest absolute Gasteiger partial charge is 0.355 e. The van der Waals surface area contributed by atoms with Crippen molar-refractivity contribution in [3.8, 4) is 0 Å². The number of amides is 2. The first-order valence-corrected chi connectivity index (χ1v) is 7.15. The lowest BCUT2D eigenvalue weighted by Gasteiger charge is -2.40. The van der Waals surface area contributed by atoms with Crippen molar-refractivity contribution in [1.29, 1.82) is 0 Å². The first kappa shape index (κ1) is 13.0. The zero-order chi connectivity index (χ0) is 13.4. The predicted molar refractivity (Wildman–Crippen MR) is 68.3 cm³/mol. The van der Waals surface area contributed by atoms with Crippen LogP contribution in [-0.2, 0) is 14.3 Å². The summed E-state index contributed by atoms with van der Waals surface area (Å²) in [5.74, 6) is -0.230. The van der Waals surface area contributed by atoms with Gasteiger partial charge >= 0.3 is 0 Å². The van der Waals surface area contributed by atoms with E-state index in [9.17, 15) is 9.59 Å². The third kappa shape index (κ3) is 2.28. The summed E-state index contributed by atoms with van der Waals surface area (Å²) < 4.78 is 5.43. The number of likely N-dealkylation sites (tertiary alicyclic amines) is 2. The quantitative estimate of drug-likeness (QED) is 0.686. The van der Waals surface area contributed by atoms with Gasteiger partial charge in [-0.15, -0.1) is 0 Å². The number of hydrogen-bond donors (Lipinski definition) is 1. The van der Waals surface area contributed by atoms with Crippen LogP contribution < -0.4 is 5.73 Å². The van der Waals surface area contributed by atoms with Crippen molar-refractivity contribution in [2.75, 3.05) is 26.2 Å². The number of carbonyl (C=O) groups excluding carboxylic acids is 2. The number of nitrogens with two attached hydrogens (primary N) is 1. The van der Waals surface area contributed by atoms with Crippen molar-refractivity contribution in [1.82, 2.24) is 9.80 Å². The van der Waals surface area contributed by atoms with Crippen molar-refractivity contribution in [2.45, 2.75) is 43.9 Å². The third-order valence-corrected chi connectivity index (χ3v) is 4.41. The number of rotatable bonds is 3. The van der Waals surface area contributed by atoms with E-state index < -0.39 is 0 Å². The Labute approximate surface area is 112 Å². The van der Waals surface area contributed by atoms with E-state index in [2.05, 4.69) is 4.90 Å². The molecule has 2 amide bonds.